The minimum Gasteiger partial charge on any atom is -0.347 e. The van der Waals surface area contributed by atoms with Crippen LogP contribution in [-0.2, 0) is 0 Å². The molecular formula is C17H18N4O3S. The van der Waals surface area contributed by atoms with E-state index >= 15 is 0 Å². The van der Waals surface area contributed by atoms with Crippen molar-refractivity contribution in [3.8, 4) is 10.6 Å². The molecule has 7 nitrogen and oxygen atoms in total. The van der Waals surface area contributed by atoms with E-state index in [0.717, 1.165) is 32.5 Å². The van der Waals surface area contributed by atoms with Crippen LogP contribution in [0, 0.1) is 16.0 Å². The molecule has 130 valence electrons. The molecule has 3 saturated heterocycles. The molecule has 1 unspecified atom stereocenters. The number of nitro benzene ring substituents is 1. The van der Waals surface area contributed by atoms with Crippen LogP contribution in [0.15, 0.2) is 30.5 Å². The number of hydrogen-bond donors (Lipinski definition) is 1. The summed E-state index contributed by atoms with van der Waals surface area (Å²) in [5.74, 6) is 0.464. The smallest absolute Gasteiger partial charge is 0.270 e. The van der Waals surface area contributed by atoms with Gasteiger partial charge in [0, 0.05) is 30.3 Å². The molecule has 25 heavy (non-hydrogen) atoms. The van der Waals surface area contributed by atoms with E-state index in [1.165, 1.54) is 23.5 Å². The van der Waals surface area contributed by atoms with E-state index in [1.54, 1.807) is 18.3 Å². The molecule has 8 heteroatoms. The summed E-state index contributed by atoms with van der Waals surface area (Å²) in [5, 5.41) is 14.7. The number of carbonyl (C=O) groups excluding carboxylic acids is 1. The zero-order chi connectivity index (χ0) is 17.4. The normalized spacial score (nSPS) is 24.9. The molecule has 1 amide bonds. The summed E-state index contributed by atoms with van der Waals surface area (Å²) >= 11 is 1.26. The first kappa shape index (κ1) is 16.2. The number of nitrogens with one attached hydrogen (secondary N) is 1. The summed E-state index contributed by atoms with van der Waals surface area (Å²) in [4.78, 5) is 30.2. The van der Waals surface area contributed by atoms with Gasteiger partial charge in [0.25, 0.3) is 11.6 Å². The number of amides is 1. The SMILES string of the molecule is O=C(NC1CN2CCC1CC2)c1cnc(-c2cccc([N+](=O)[O-])c2)s1. The summed E-state index contributed by atoms with van der Waals surface area (Å²) < 4.78 is 0. The van der Waals surface area contributed by atoms with Crippen molar-refractivity contribution in [2.75, 3.05) is 19.6 Å². The van der Waals surface area contributed by atoms with Crippen molar-refractivity contribution in [2.45, 2.75) is 18.9 Å². The van der Waals surface area contributed by atoms with Crippen LogP contribution >= 0.6 is 11.3 Å². The number of non-ortho nitro benzene ring substituents is 1. The summed E-state index contributed by atoms with van der Waals surface area (Å²) in [6.07, 6.45) is 3.84. The van der Waals surface area contributed by atoms with Gasteiger partial charge in [-0.15, -0.1) is 11.3 Å². The Bertz CT molecular complexity index is 814. The average molecular weight is 358 g/mol. The summed E-state index contributed by atoms with van der Waals surface area (Å²) in [6, 6.07) is 6.52. The van der Waals surface area contributed by atoms with E-state index in [0.29, 0.717) is 21.4 Å². The van der Waals surface area contributed by atoms with Gasteiger partial charge in [-0.3, -0.25) is 14.9 Å². The molecule has 0 aliphatic carbocycles. The lowest BCUT2D eigenvalue weighted by molar-refractivity contribution is -0.384. The third-order valence-corrected chi connectivity index (χ3v) is 6.05. The summed E-state index contributed by atoms with van der Waals surface area (Å²) in [7, 11) is 0. The van der Waals surface area contributed by atoms with Gasteiger partial charge in [0.1, 0.15) is 9.88 Å². The zero-order valence-electron chi connectivity index (χ0n) is 13.6. The van der Waals surface area contributed by atoms with Crippen molar-refractivity contribution in [3.05, 3.63) is 45.5 Å². The van der Waals surface area contributed by atoms with Gasteiger partial charge in [-0.05, 0) is 31.8 Å². The molecule has 1 atom stereocenters. The molecule has 2 bridgehead atoms. The molecule has 0 spiro atoms. The maximum Gasteiger partial charge on any atom is 0.270 e. The second-order valence-corrected chi connectivity index (χ2v) is 7.59. The molecule has 0 saturated carbocycles. The highest BCUT2D eigenvalue weighted by molar-refractivity contribution is 7.16. The van der Waals surface area contributed by atoms with Crippen LogP contribution in [0.1, 0.15) is 22.5 Å². The lowest BCUT2D eigenvalue weighted by atomic mass is 9.84. The van der Waals surface area contributed by atoms with E-state index in [-0.39, 0.29) is 17.6 Å². The van der Waals surface area contributed by atoms with Crippen molar-refractivity contribution < 1.29 is 9.72 Å². The summed E-state index contributed by atoms with van der Waals surface area (Å²) in [6.45, 7) is 3.19. The molecule has 4 heterocycles. The van der Waals surface area contributed by atoms with E-state index in [4.69, 9.17) is 0 Å². The third-order valence-electron chi connectivity index (χ3n) is 5.01. The molecule has 2 aromatic rings. The molecule has 3 fully saturated rings. The Morgan fingerprint density at radius 2 is 2.16 bits per heavy atom. The van der Waals surface area contributed by atoms with Crippen molar-refractivity contribution in [1.82, 2.24) is 15.2 Å². The van der Waals surface area contributed by atoms with Crippen LogP contribution in [0.5, 0.6) is 0 Å². The Kier molecular flexibility index (Phi) is 4.22. The number of benzene rings is 1. The molecule has 1 aromatic heterocycles. The maximum absolute atomic E-state index is 12.5. The largest absolute Gasteiger partial charge is 0.347 e. The van der Waals surface area contributed by atoms with Crippen molar-refractivity contribution >= 4 is 22.9 Å². The second-order valence-electron chi connectivity index (χ2n) is 6.56. The van der Waals surface area contributed by atoms with Gasteiger partial charge in [0.2, 0.25) is 0 Å². The molecule has 1 N–H and O–H groups in total. The fourth-order valence-electron chi connectivity index (χ4n) is 3.63. The Morgan fingerprint density at radius 3 is 2.84 bits per heavy atom. The van der Waals surface area contributed by atoms with Gasteiger partial charge in [-0.25, -0.2) is 4.98 Å². The van der Waals surface area contributed by atoms with Gasteiger partial charge < -0.3 is 10.2 Å². The lowest BCUT2D eigenvalue weighted by Crippen LogP contribution is -2.57. The van der Waals surface area contributed by atoms with Crippen LogP contribution in [0.25, 0.3) is 10.6 Å². The van der Waals surface area contributed by atoms with Crippen LogP contribution in [0.4, 0.5) is 5.69 Å². The Balaban J connectivity index is 1.48. The van der Waals surface area contributed by atoms with Gasteiger partial charge in [-0.1, -0.05) is 12.1 Å². The number of hydrogen-bond acceptors (Lipinski definition) is 6. The van der Waals surface area contributed by atoms with Crippen molar-refractivity contribution in [3.63, 3.8) is 0 Å². The lowest BCUT2D eigenvalue weighted by Gasteiger charge is -2.44. The number of piperidine rings is 3. The quantitative estimate of drug-likeness (QED) is 0.670. The van der Waals surface area contributed by atoms with Gasteiger partial charge >= 0.3 is 0 Å². The third kappa shape index (κ3) is 3.27. The van der Waals surface area contributed by atoms with Gasteiger partial charge in [-0.2, -0.15) is 0 Å². The van der Waals surface area contributed by atoms with Crippen LogP contribution in [0.2, 0.25) is 0 Å². The van der Waals surface area contributed by atoms with Crippen molar-refractivity contribution in [1.29, 1.82) is 0 Å². The molecule has 3 aliphatic heterocycles. The first-order valence-corrected chi connectivity index (χ1v) is 9.15. The number of fused-ring (bicyclic) bond motifs is 3. The first-order valence-electron chi connectivity index (χ1n) is 8.34. The highest BCUT2D eigenvalue weighted by Gasteiger charge is 2.35. The zero-order valence-corrected chi connectivity index (χ0v) is 14.4. The highest BCUT2D eigenvalue weighted by atomic mass is 32.1. The van der Waals surface area contributed by atoms with E-state index in [2.05, 4.69) is 15.2 Å². The number of carbonyl (C=O) groups is 1. The Labute approximate surface area is 148 Å². The van der Waals surface area contributed by atoms with E-state index in [1.807, 2.05) is 0 Å². The van der Waals surface area contributed by atoms with Crippen LogP contribution in [0.3, 0.4) is 0 Å². The first-order chi connectivity index (χ1) is 12.1. The summed E-state index contributed by atoms with van der Waals surface area (Å²) in [5.41, 5.74) is 0.673. The highest BCUT2D eigenvalue weighted by Crippen LogP contribution is 2.30. The molecule has 3 aliphatic rings. The standard InChI is InChI=1S/C17H18N4O3S/c22-16(19-14-10-20-6-4-11(14)5-7-20)15-9-18-17(25-15)12-2-1-3-13(8-12)21(23)24/h1-3,8-9,11,14H,4-7,10H2,(H,19,22). The number of nitro groups is 1. The molecule has 5 rings (SSSR count). The fourth-order valence-corrected chi connectivity index (χ4v) is 4.45. The van der Waals surface area contributed by atoms with Crippen molar-refractivity contribution in [2.24, 2.45) is 5.92 Å². The molecular weight excluding hydrogens is 340 g/mol. The minimum atomic E-state index is -0.432. The Morgan fingerprint density at radius 1 is 1.36 bits per heavy atom. The monoisotopic (exact) mass is 358 g/mol. The second kappa shape index (κ2) is 6.53. The van der Waals surface area contributed by atoms with Crippen LogP contribution in [-0.4, -0.2) is 46.4 Å². The topological polar surface area (TPSA) is 88.4 Å². The van der Waals surface area contributed by atoms with Gasteiger partial charge in [0.15, 0.2) is 0 Å². The predicted molar refractivity (Wildman–Crippen MR) is 94.6 cm³/mol. The Hall–Kier alpha value is -2.32. The number of aromatic nitrogens is 1. The van der Waals surface area contributed by atoms with Crippen LogP contribution < -0.4 is 5.32 Å². The number of nitrogens with zero attached hydrogens (tertiary/aromatic N) is 3. The minimum absolute atomic E-state index is 0.0194. The van der Waals surface area contributed by atoms with E-state index < -0.39 is 4.92 Å². The number of thiazole rings is 1. The molecule has 0 radical (unpaired) electrons. The average Bonchev–Trinajstić information content (AvgIpc) is 3.13. The van der Waals surface area contributed by atoms with E-state index in [9.17, 15) is 14.9 Å². The number of rotatable bonds is 4. The predicted octanol–water partition coefficient (Wildman–Crippen LogP) is 2.54. The fraction of sp³-hybridized carbons (Fsp3) is 0.412. The van der Waals surface area contributed by atoms with Gasteiger partial charge in [0.05, 0.1) is 11.1 Å². The molecule has 1 aromatic carbocycles. The maximum atomic E-state index is 12.5.